The van der Waals surface area contributed by atoms with E-state index in [2.05, 4.69) is 18.8 Å². The van der Waals surface area contributed by atoms with E-state index >= 15 is 0 Å². The zero-order chi connectivity index (χ0) is 13.3. The number of sulfonamides is 1. The molecule has 1 aliphatic heterocycles. The molecule has 1 aromatic rings. The Kier molecular flexibility index (Phi) is 3.94. The Balaban J connectivity index is 2.28. The zero-order valence-corrected chi connectivity index (χ0v) is 12.1. The monoisotopic (exact) mass is 288 g/mol. The van der Waals surface area contributed by atoms with Gasteiger partial charge in [0, 0.05) is 19.3 Å². The average Bonchev–Trinajstić information content (AvgIpc) is 2.28. The van der Waals surface area contributed by atoms with Crippen LogP contribution in [0.5, 0.6) is 0 Å². The molecule has 6 heteroatoms. The minimum absolute atomic E-state index is 0.216. The molecule has 0 saturated carbocycles. The fourth-order valence-electron chi connectivity index (χ4n) is 2.47. The van der Waals surface area contributed by atoms with Crippen LogP contribution in [0.2, 0.25) is 5.15 Å². The van der Waals surface area contributed by atoms with Crippen molar-refractivity contribution in [1.29, 1.82) is 0 Å². The Labute approximate surface area is 113 Å². The first-order valence-electron chi connectivity index (χ1n) is 6.01. The van der Waals surface area contributed by atoms with E-state index in [0.717, 1.165) is 6.42 Å². The molecule has 1 saturated heterocycles. The van der Waals surface area contributed by atoms with Crippen molar-refractivity contribution in [2.75, 3.05) is 13.1 Å². The molecule has 4 nitrogen and oxygen atoms in total. The molecule has 2 atom stereocenters. The number of hydrogen-bond donors (Lipinski definition) is 0. The number of rotatable bonds is 2. The first-order valence-corrected chi connectivity index (χ1v) is 7.83. The first kappa shape index (κ1) is 13.8. The van der Waals surface area contributed by atoms with E-state index in [0.29, 0.717) is 30.1 Å². The van der Waals surface area contributed by atoms with Crippen molar-refractivity contribution in [2.45, 2.75) is 25.2 Å². The van der Waals surface area contributed by atoms with Crippen LogP contribution in [0.3, 0.4) is 0 Å². The van der Waals surface area contributed by atoms with E-state index < -0.39 is 10.0 Å². The molecule has 1 aromatic heterocycles. The fourth-order valence-corrected chi connectivity index (χ4v) is 4.20. The fraction of sp³-hybridized carbons (Fsp3) is 0.583. The number of pyridine rings is 1. The maximum Gasteiger partial charge on any atom is 0.244 e. The second-order valence-corrected chi connectivity index (χ2v) is 7.41. The van der Waals surface area contributed by atoms with Crippen LogP contribution in [0, 0.1) is 11.8 Å². The maximum absolute atomic E-state index is 12.4. The summed E-state index contributed by atoms with van der Waals surface area (Å²) in [6, 6.07) is 3.01. The molecule has 2 heterocycles. The van der Waals surface area contributed by atoms with Crippen molar-refractivity contribution < 1.29 is 8.42 Å². The van der Waals surface area contributed by atoms with Crippen LogP contribution in [0.4, 0.5) is 0 Å². The molecule has 0 bridgehead atoms. The van der Waals surface area contributed by atoms with Gasteiger partial charge in [0.2, 0.25) is 10.0 Å². The molecule has 0 amide bonds. The summed E-state index contributed by atoms with van der Waals surface area (Å²) < 4.78 is 26.4. The van der Waals surface area contributed by atoms with Crippen LogP contribution in [0.15, 0.2) is 23.2 Å². The Morgan fingerprint density at radius 1 is 1.28 bits per heavy atom. The van der Waals surface area contributed by atoms with Crippen molar-refractivity contribution in [2.24, 2.45) is 11.8 Å². The summed E-state index contributed by atoms with van der Waals surface area (Å²) >= 11 is 5.67. The summed E-state index contributed by atoms with van der Waals surface area (Å²) in [6.07, 6.45) is 2.40. The van der Waals surface area contributed by atoms with E-state index in [1.807, 2.05) is 0 Å². The third kappa shape index (κ3) is 2.84. The van der Waals surface area contributed by atoms with E-state index in [9.17, 15) is 8.42 Å². The number of hydrogen-bond acceptors (Lipinski definition) is 3. The lowest BCUT2D eigenvalue weighted by atomic mass is 9.94. The lowest BCUT2D eigenvalue weighted by Crippen LogP contribution is -2.42. The maximum atomic E-state index is 12.4. The molecule has 0 aromatic carbocycles. The average molecular weight is 289 g/mol. The largest absolute Gasteiger partial charge is 0.244 e. The van der Waals surface area contributed by atoms with E-state index in [1.165, 1.54) is 18.3 Å². The summed E-state index contributed by atoms with van der Waals surface area (Å²) in [5.74, 6) is 0.785. The molecule has 100 valence electrons. The van der Waals surface area contributed by atoms with Crippen molar-refractivity contribution in [3.8, 4) is 0 Å². The summed E-state index contributed by atoms with van der Waals surface area (Å²) in [4.78, 5) is 4.05. The quantitative estimate of drug-likeness (QED) is 0.785. The molecule has 18 heavy (non-hydrogen) atoms. The Morgan fingerprint density at radius 3 is 2.39 bits per heavy atom. The van der Waals surface area contributed by atoms with Gasteiger partial charge in [-0.15, -0.1) is 0 Å². The minimum Gasteiger partial charge on any atom is -0.243 e. The van der Waals surface area contributed by atoms with Crippen LogP contribution in [-0.2, 0) is 10.0 Å². The second kappa shape index (κ2) is 5.15. The second-order valence-electron chi connectivity index (χ2n) is 5.08. The SMILES string of the molecule is CC1CC(C)CN(S(=O)(=O)c2ccc(Cl)nc2)C1. The molecule has 1 aliphatic rings. The molecule has 2 unspecified atom stereocenters. The van der Waals surface area contributed by atoms with Crippen LogP contribution in [-0.4, -0.2) is 30.8 Å². The van der Waals surface area contributed by atoms with Gasteiger partial charge in [0.05, 0.1) is 0 Å². The Morgan fingerprint density at radius 2 is 1.89 bits per heavy atom. The number of aromatic nitrogens is 1. The normalized spacial score (nSPS) is 26.2. The highest BCUT2D eigenvalue weighted by Gasteiger charge is 2.31. The van der Waals surface area contributed by atoms with Gasteiger partial charge in [-0.2, -0.15) is 4.31 Å². The molecular formula is C12H17ClN2O2S. The molecule has 2 rings (SSSR count). The Hall–Kier alpha value is -0.650. The summed E-state index contributed by atoms with van der Waals surface area (Å²) in [5, 5.41) is 0.300. The molecule has 0 aliphatic carbocycles. The van der Waals surface area contributed by atoms with Gasteiger partial charge in [-0.3, -0.25) is 0 Å². The standard InChI is InChI=1S/C12H17ClN2O2S/c1-9-5-10(2)8-15(7-9)18(16,17)11-3-4-12(13)14-6-11/h3-4,6,9-10H,5,7-8H2,1-2H3. The van der Waals surface area contributed by atoms with Crippen LogP contribution >= 0.6 is 11.6 Å². The molecular weight excluding hydrogens is 272 g/mol. The third-order valence-electron chi connectivity index (χ3n) is 3.17. The number of nitrogens with zero attached hydrogens (tertiary/aromatic N) is 2. The van der Waals surface area contributed by atoms with Crippen molar-refractivity contribution in [3.63, 3.8) is 0 Å². The van der Waals surface area contributed by atoms with Crippen molar-refractivity contribution >= 4 is 21.6 Å². The molecule has 0 radical (unpaired) electrons. The summed E-state index contributed by atoms with van der Waals surface area (Å²) in [6.45, 7) is 5.32. The summed E-state index contributed by atoms with van der Waals surface area (Å²) in [5.41, 5.74) is 0. The topological polar surface area (TPSA) is 50.3 Å². The van der Waals surface area contributed by atoms with Crippen LogP contribution < -0.4 is 0 Å². The van der Waals surface area contributed by atoms with Gasteiger partial charge in [-0.25, -0.2) is 13.4 Å². The van der Waals surface area contributed by atoms with E-state index in [-0.39, 0.29) is 4.90 Å². The Bertz CT molecular complexity index is 505. The summed E-state index contributed by atoms with van der Waals surface area (Å²) in [7, 11) is -3.43. The third-order valence-corrected chi connectivity index (χ3v) is 5.21. The highest BCUT2D eigenvalue weighted by atomic mass is 35.5. The lowest BCUT2D eigenvalue weighted by molar-refractivity contribution is 0.222. The number of piperidine rings is 1. The van der Waals surface area contributed by atoms with Gasteiger partial charge in [0.25, 0.3) is 0 Å². The van der Waals surface area contributed by atoms with Crippen molar-refractivity contribution in [3.05, 3.63) is 23.5 Å². The van der Waals surface area contributed by atoms with E-state index in [4.69, 9.17) is 11.6 Å². The smallest absolute Gasteiger partial charge is 0.243 e. The molecule has 1 fully saturated rings. The van der Waals surface area contributed by atoms with Gasteiger partial charge in [0.1, 0.15) is 10.0 Å². The highest BCUT2D eigenvalue weighted by molar-refractivity contribution is 7.89. The minimum atomic E-state index is -3.43. The van der Waals surface area contributed by atoms with Gasteiger partial charge in [-0.1, -0.05) is 25.4 Å². The molecule has 0 N–H and O–H groups in total. The predicted octanol–water partition coefficient (Wildman–Crippen LogP) is 2.40. The van der Waals surface area contributed by atoms with Crippen LogP contribution in [0.1, 0.15) is 20.3 Å². The van der Waals surface area contributed by atoms with Crippen molar-refractivity contribution in [1.82, 2.24) is 9.29 Å². The highest BCUT2D eigenvalue weighted by Crippen LogP contribution is 2.26. The van der Waals surface area contributed by atoms with E-state index in [1.54, 1.807) is 4.31 Å². The van der Waals surface area contributed by atoms with Gasteiger partial charge in [0.15, 0.2) is 0 Å². The van der Waals surface area contributed by atoms with Gasteiger partial charge in [-0.05, 0) is 30.4 Å². The zero-order valence-electron chi connectivity index (χ0n) is 10.5. The van der Waals surface area contributed by atoms with Gasteiger partial charge < -0.3 is 0 Å². The van der Waals surface area contributed by atoms with Gasteiger partial charge >= 0.3 is 0 Å². The lowest BCUT2D eigenvalue weighted by Gasteiger charge is -2.33. The van der Waals surface area contributed by atoms with Crippen LogP contribution in [0.25, 0.3) is 0 Å². The molecule has 0 spiro atoms. The predicted molar refractivity (Wildman–Crippen MR) is 71.0 cm³/mol. The number of halogens is 1. The first-order chi connectivity index (χ1) is 8.39.